The Morgan fingerprint density at radius 3 is 2.50 bits per heavy atom. The van der Waals surface area contributed by atoms with Gasteiger partial charge in [-0.05, 0) is 36.8 Å². The number of hydrogen-bond donors (Lipinski definition) is 0. The Balaban J connectivity index is 1.88. The lowest BCUT2D eigenvalue weighted by Crippen LogP contribution is -2.10. The van der Waals surface area contributed by atoms with E-state index in [4.69, 9.17) is 14.7 Å². The third-order valence-electron chi connectivity index (χ3n) is 2.76. The van der Waals surface area contributed by atoms with E-state index in [0.717, 1.165) is 15.8 Å². The van der Waals surface area contributed by atoms with Gasteiger partial charge in [0.2, 0.25) is 0 Å². The summed E-state index contributed by atoms with van der Waals surface area (Å²) < 4.78 is 12.2. The van der Waals surface area contributed by atoms with Crippen LogP contribution < -0.4 is 9.47 Å². The Morgan fingerprint density at radius 1 is 1.05 bits per heavy atom. The van der Waals surface area contributed by atoms with Gasteiger partial charge in [0.05, 0.1) is 5.56 Å². The highest BCUT2D eigenvalue weighted by Crippen LogP contribution is 2.23. The predicted molar refractivity (Wildman–Crippen MR) is 81.0 cm³/mol. The van der Waals surface area contributed by atoms with E-state index < -0.39 is 0 Å². The van der Waals surface area contributed by atoms with Crippen molar-refractivity contribution in [1.29, 1.82) is 5.26 Å². The van der Waals surface area contributed by atoms with Gasteiger partial charge in [-0.1, -0.05) is 34.1 Å². The van der Waals surface area contributed by atoms with Crippen molar-refractivity contribution in [3.63, 3.8) is 0 Å². The first kappa shape index (κ1) is 14.4. The quantitative estimate of drug-likeness (QED) is 0.775. The Kier molecular flexibility index (Phi) is 5.03. The Bertz CT molecular complexity index is 635. The molecule has 0 saturated carbocycles. The molecule has 0 amide bonds. The standard InChI is InChI=1S/C16H14BrNO2/c1-12-6-7-14(17)10-16(12)20-9-8-19-15-5-3-2-4-13(15)11-18/h2-7,10H,8-9H2,1H3. The van der Waals surface area contributed by atoms with E-state index in [0.29, 0.717) is 24.5 Å². The maximum Gasteiger partial charge on any atom is 0.137 e. The third kappa shape index (κ3) is 3.75. The van der Waals surface area contributed by atoms with Gasteiger partial charge in [-0.25, -0.2) is 0 Å². The zero-order valence-corrected chi connectivity index (χ0v) is 12.7. The lowest BCUT2D eigenvalue weighted by molar-refractivity contribution is 0.216. The van der Waals surface area contributed by atoms with Crippen LogP contribution in [0.3, 0.4) is 0 Å². The van der Waals surface area contributed by atoms with Crippen molar-refractivity contribution < 1.29 is 9.47 Å². The summed E-state index contributed by atoms with van der Waals surface area (Å²) in [5, 5.41) is 8.95. The smallest absolute Gasteiger partial charge is 0.137 e. The molecule has 0 spiro atoms. The second-order valence-corrected chi connectivity index (χ2v) is 5.13. The predicted octanol–water partition coefficient (Wildman–Crippen LogP) is 4.09. The Labute approximate surface area is 126 Å². The van der Waals surface area contributed by atoms with Crippen LogP contribution in [0, 0.1) is 18.3 Å². The number of nitriles is 1. The van der Waals surface area contributed by atoms with Crippen LogP contribution in [0.2, 0.25) is 0 Å². The van der Waals surface area contributed by atoms with Crippen LogP contribution in [0.25, 0.3) is 0 Å². The summed E-state index contributed by atoms with van der Waals surface area (Å²) >= 11 is 3.41. The molecule has 0 radical (unpaired) electrons. The summed E-state index contributed by atoms with van der Waals surface area (Å²) in [6.07, 6.45) is 0. The zero-order valence-electron chi connectivity index (χ0n) is 11.1. The number of ether oxygens (including phenoxy) is 2. The van der Waals surface area contributed by atoms with Crippen LogP contribution >= 0.6 is 15.9 Å². The van der Waals surface area contributed by atoms with E-state index in [1.807, 2.05) is 37.3 Å². The Hall–Kier alpha value is -1.99. The first-order valence-electron chi connectivity index (χ1n) is 6.21. The molecule has 2 rings (SSSR count). The molecular weight excluding hydrogens is 318 g/mol. The molecule has 0 aliphatic rings. The van der Waals surface area contributed by atoms with Gasteiger partial charge < -0.3 is 9.47 Å². The van der Waals surface area contributed by atoms with Gasteiger partial charge in [0, 0.05) is 4.47 Å². The summed E-state index contributed by atoms with van der Waals surface area (Å²) in [4.78, 5) is 0. The van der Waals surface area contributed by atoms with Gasteiger partial charge in [0.1, 0.15) is 30.8 Å². The zero-order chi connectivity index (χ0) is 14.4. The minimum Gasteiger partial charge on any atom is -0.490 e. The van der Waals surface area contributed by atoms with Crippen LogP contribution in [-0.2, 0) is 0 Å². The molecule has 0 aliphatic carbocycles. The lowest BCUT2D eigenvalue weighted by atomic mass is 10.2. The van der Waals surface area contributed by atoms with E-state index in [-0.39, 0.29) is 0 Å². The molecule has 0 saturated heterocycles. The molecule has 3 nitrogen and oxygen atoms in total. The molecule has 20 heavy (non-hydrogen) atoms. The maximum atomic E-state index is 8.95. The SMILES string of the molecule is Cc1ccc(Br)cc1OCCOc1ccccc1C#N. The van der Waals surface area contributed by atoms with Crippen molar-refractivity contribution in [2.45, 2.75) is 6.92 Å². The second-order valence-electron chi connectivity index (χ2n) is 4.21. The molecule has 0 fully saturated rings. The summed E-state index contributed by atoms with van der Waals surface area (Å²) in [5.74, 6) is 1.42. The third-order valence-corrected chi connectivity index (χ3v) is 3.25. The van der Waals surface area contributed by atoms with Crippen molar-refractivity contribution in [2.24, 2.45) is 0 Å². The molecule has 2 aromatic carbocycles. The van der Waals surface area contributed by atoms with Crippen LogP contribution in [0.1, 0.15) is 11.1 Å². The molecule has 102 valence electrons. The van der Waals surface area contributed by atoms with Crippen molar-refractivity contribution in [3.8, 4) is 17.6 Å². The molecule has 2 aromatic rings. The number of hydrogen-bond acceptors (Lipinski definition) is 3. The average molecular weight is 332 g/mol. The highest BCUT2D eigenvalue weighted by atomic mass is 79.9. The highest BCUT2D eigenvalue weighted by Gasteiger charge is 2.03. The molecule has 0 aliphatic heterocycles. The van der Waals surface area contributed by atoms with Gasteiger partial charge in [-0.3, -0.25) is 0 Å². The van der Waals surface area contributed by atoms with E-state index in [9.17, 15) is 0 Å². The van der Waals surface area contributed by atoms with Gasteiger partial charge in [-0.2, -0.15) is 5.26 Å². The lowest BCUT2D eigenvalue weighted by Gasteiger charge is -2.11. The van der Waals surface area contributed by atoms with Gasteiger partial charge in [-0.15, -0.1) is 0 Å². The normalized spacial score (nSPS) is 9.85. The topological polar surface area (TPSA) is 42.2 Å². The number of nitrogens with zero attached hydrogens (tertiary/aromatic N) is 1. The fourth-order valence-electron chi connectivity index (χ4n) is 1.72. The Morgan fingerprint density at radius 2 is 1.75 bits per heavy atom. The van der Waals surface area contributed by atoms with Crippen LogP contribution in [0.4, 0.5) is 0 Å². The minimum absolute atomic E-state index is 0.393. The van der Waals surface area contributed by atoms with Crippen molar-refractivity contribution in [1.82, 2.24) is 0 Å². The summed E-state index contributed by atoms with van der Waals surface area (Å²) in [5.41, 5.74) is 1.61. The van der Waals surface area contributed by atoms with Crippen molar-refractivity contribution >= 4 is 15.9 Å². The van der Waals surface area contributed by atoms with E-state index in [1.54, 1.807) is 12.1 Å². The van der Waals surface area contributed by atoms with Gasteiger partial charge in [0.15, 0.2) is 0 Å². The van der Waals surface area contributed by atoms with E-state index in [1.165, 1.54) is 0 Å². The monoisotopic (exact) mass is 331 g/mol. The molecule has 0 atom stereocenters. The molecule has 4 heteroatoms. The molecule has 0 aromatic heterocycles. The van der Waals surface area contributed by atoms with Gasteiger partial charge in [0.25, 0.3) is 0 Å². The number of halogens is 1. The largest absolute Gasteiger partial charge is 0.490 e. The molecule has 0 heterocycles. The molecular formula is C16H14BrNO2. The average Bonchev–Trinajstić information content (AvgIpc) is 2.47. The van der Waals surface area contributed by atoms with E-state index in [2.05, 4.69) is 22.0 Å². The first-order valence-corrected chi connectivity index (χ1v) is 7.01. The van der Waals surface area contributed by atoms with Crippen LogP contribution in [-0.4, -0.2) is 13.2 Å². The van der Waals surface area contributed by atoms with Gasteiger partial charge >= 0.3 is 0 Å². The molecule has 0 bridgehead atoms. The van der Waals surface area contributed by atoms with Crippen molar-refractivity contribution in [3.05, 3.63) is 58.1 Å². The number of rotatable bonds is 5. The molecule has 0 unspecified atom stereocenters. The minimum atomic E-state index is 0.393. The first-order chi connectivity index (χ1) is 9.70. The number of benzene rings is 2. The maximum absolute atomic E-state index is 8.95. The summed E-state index contributed by atoms with van der Waals surface area (Å²) in [6, 6.07) is 15.2. The fourth-order valence-corrected chi connectivity index (χ4v) is 2.06. The van der Waals surface area contributed by atoms with Crippen LogP contribution in [0.5, 0.6) is 11.5 Å². The highest BCUT2D eigenvalue weighted by molar-refractivity contribution is 9.10. The van der Waals surface area contributed by atoms with Crippen molar-refractivity contribution in [2.75, 3.05) is 13.2 Å². The number of para-hydroxylation sites is 1. The summed E-state index contributed by atoms with van der Waals surface area (Å²) in [7, 11) is 0. The van der Waals surface area contributed by atoms with Crippen LogP contribution in [0.15, 0.2) is 46.9 Å². The number of aryl methyl sites for hydroxylation is 1. The second kappa shape index (κ2) is 6.97. The fraction of sp³-hybridized carbons (Fsp3) is 0.188. The molecule has 0 N–H and O–H groups in total. The summed E-state index contributed by atoms with van der Waals surface area (Å²) in [6.45, 7) is 2.81. The van der Waals surface area contributed by atoms with E-state index >= 15 is 0 Å².